The lowest BCUT2D eigenvalue weighted by Crippen LogP contribution is -2.31. The van der Waals surface area contributed by atoms with Crippen molar-refractivity contribution in [3.8, 4) is 28.5 Å². The second-order valence-corrected chi connectivity index (χ2v) is 10.2. The summed E-state index contributed by atoms with van der Waals surface area (Å²) >= 11 is 0. The molecule has 1 aromatic heterocycles. The predicted octanol–water partition coefficient (Wildman–Crippen LogP) is 7.34. The van der Waals surface area contributed by atoms with Gasteiger partial charge in [-0.25, -0.2) is 14.2 Å². The lowest BCUT2D eigenvalue weighted by atomic mass is 9.99. The van der Waals surface area contributed by atoms with E-state index >= 15 is 4.39 Å². The number of hydrogen-bond donors (Lipinski definition) is 2. The van der Waals surface area contributed by atoms with Gasteiger partial charge in [0.15, 0.2) is 5.75 Å². The summed E-state index contributed by atoms with van der Waals surface area (Å²) < 4.78 is 99.7. The second kappa shape index (κ2) is 14.4. The standard InChI is InChI=1S/C33H28F6N2O6/c1-3-46-28-13-23(17-40-30(28)47-18-19-4-10-25(45-2)11-5-19)20-6-7-21(27(34)12-20)14-29(42)41-24-9-8-22(16-32(35,36)31(43)44)26(15-24)33(37,38)39/h4-13,15,17H,3,14,16,18H2,1-2H3,(H,41,42)(H,43,44). The maximum absolute atomic E-state index is 15.1. The second-order valence-electron chi connectivity index (χ2n) is 10.2. The number of hydrogen-bond acceptors (Lipinski definition) is 6. The van der Waals surface area contributed by atoms with Gasteiger partial charge in [-0.2, -0.15) is 22.0 Å². The van der Waals surface area contributed by atoms with E-state index in [0.717, 1.165) is 17.7 Å². The van der Waals surface area contributed by atoms with E-state index in [9.17, 15) is 31.5 Å². The van der Waals surface area contributed by atoms with Crippen LogP contribution in [0.4, 0.5) is 32.0 Å². The van der Waals surface area contributed by atoms with E-state index in [1.54, 1.807) is 32.2 Å². The van der Waals surface area contributed by atoms with Gasteiger partial charge in [-0.05, 0) is 65.6 Å². The number of aliphatic carboxylic acids is 1. The first-order chi connectivity index (χ1) is 22.2. The molecule has 0 radical (unpaired) electrons. The average molecular weight is 663 g/mol. The number of anilines is 1. The predicted molar refractivity (Wildman–Crippen MR) is 158 cm³/mol. The van der Waals surface area contributed by atoms with Crippen LogP contribution in [0.5, 0.6) is 17.4 Å². The maximum atomic E-state index is 15.1. The SMILES string of the molecule is CCOc1cc(-c2ccc(CC(=O)Nc3ccc(CC(F)(F)C(=O)O)c(C(F)(F)F)c3)c(F)c2)cnc1OCc1ccc(OC)cc1. The number of ether oxygens (including phenoxy) is 3. The zero-order valence-corrected chi connectivity index (χ0v) is 25.0. The number of rotatable bonds is 13. The molecule has 1 amide bonds. The van der Waals surface area contributed by atoms with E-state index in [2.05, 4.69) is 10.3 Å². The number of carbonyl (C=O) groups is 2. The van der Waals surface area contributed by atoms with Gasteiger partial charge in [0.25, 0.3) is 5.88 Å². The van der Waals surface area contributed by atoms with Crippen LogP contribution in [0, 0.1) is 5.82 Å². The molecule has 0 saturated heterocycles. The van der Waals surface area contributed by atoms with Crippen LogP contribution in [-0.4, -0.2) is 41.6 Å². The number of aromatic nitrogens is 1. The van der Waals surface area contributed by atoms with Crippen molar-refractivity contribution in [3.63, 3.8) is 0 Å². The molecule has 0 unspecified atom stereocenters. The van der Waals surface area contributed by atoms with Crippen LogP contribution < -0.4 is 19.5 Å². The molecule has 4 aromatic rings. The third-order valence-electron chi connectivity index (χ3n) is 6.81. The Hall–Kier alpha value is -5.27. The first-order valence-electron chi connectivity index (χ1n) is 14.0. The number of methoxy groups -OCH3 is 1. The molecule has 14 heteroatoms. The third kappa shape index (κ3) is 8.93. The van der Waals surface area contributed by atoms with Gasteiger partial charge in [-0.1, -0.05) is 30.3 Å². The van der Waals surface area contributed by atoms with Crippen LogP contribution in [0.3, 0.4) is 0 Å². The number of nitrogens with zero attached hydrogens (tertiary/aromatic N) is 1. The summed E-state index contributed by atoms with van der Waals surface area (Å²) in [7, 11) is 1.56. The first kappa shape index (κ1) is 34.6. The number of amides is 1. The molecule has 0 bridgehead atoms. The van der Waals surface area contributed by atoms with Gasteiger partial charge in [0.05, 0.1) is 25.7 Å². The number of alkyl halides is 5. The van der Waals surface area contributed by atoms with Gasteiger partial charge in [-0.15, -0.1) is 0 Å². The van der Waals surface area contributed by atoms with Crippen molar-refractivity contribution in [1.82, 2.24) is 4.98 Å². The van der Waals surface area contributed by atoms with Gasteiger partial charge >= 0.3 is 18.1 Å². The minimum Gasteiger partial charge on any atom is -0.497 e. The molecule has 8 nitrogen and oxygen atoms in total. The van der Waals surface area contributed by atoms with E-state index in [0.29, 0.717) is 41.4 Å². The Labute approximate surface area is 264 Å². The molecule has 2 N–H and O–H groups in total. The lowest BCUT2D eigenvalue weighted by molar-refractivity contribution is -0.165. The minimum absolute atomic E-state index is 0.0718. The fraction of sp³-hybridized carbons (Fsp3) is 0.242. The Morgan fingerprint density at radius 1 is 0.894 bits per heavy atom. The summed E-state index contributed by atoms with van der Waals surface area (Å²) in [6.07, 6.45) is -5.93. The smallest absolute Gasteiger partial charge is 0.416 e. The highest BCUT2D eigenvalue weighted by Crippen LogP contribution is 2.37. The third-order valence-corrected chi connectivity index (χ3v) is 6.81. The summed E-state index contributed by atoms with van der Waals surface area (Å²) in [6.45, 7) is 2.27. The van der Waals surface area contributed by atoms with Crippen LogP contribution >= 0.6 is 0 Å². The summed E-state index contributed by atoms with van der Waals surface area (Å²) in [6, 6.07) is 14.9. The molecular weight excluding hydrogens is 634 g/mol. The highest BCUT2D eigenvalue weighted by Gasteiger charge is 2.42. The van der Waals surface area contributed by atoms with Crippen molar-refractivity contribution in [3.05, 3.63) is 101 Å². The van der Waals surface area contributed by atoms with Crippen molar-refractivity contribution in [2.75, 3.05) is 19.0 Å². The van der Waals surface area contributed by atoms with E-state index in [4.69, 9.17) is 19.3 Å². The van der Waals surface area contributed by atoms with Crippen LogP contribution in [0.25, 0.3) is 11.1 Å². The van der Waals surface area contributed by atoms with Crippen molar-refractivity contribution in [2.45, 2.75) is 38.5 Å². The molecule has 0 atom stereocenters. The largest absolute Gasteiger partial charge is 0.497 e. The monoisotopic (exact) mass is 662 g/mol. The number of halogens is 6. The molecule has 0 saturated carbocycles. The van der Waals surface area contributed by atoms with Crippen molar-refractivity contribution < 1.29 is 55.2 Å². The molecule has 0 aliphatic rings. The molecular formula is C33H28F6N2O6. The molecule has 0 aliphatic carbocycles. The van der Waals surface area contributed by atoms with Crippen LogP contribution in [0.1, 0.15) is 29.2 Å². The molecule has 0 fully saturated rings. The zero-order chi connectivity index (χ0) is 34.4. The van der Waals surface area contributed by atoms with Crippen molar-refractivity contribution in [1.29, 1.82) is 0 Å². The Balaban J connectivity index is 1.46. The number of benzene rings is 3. The zero-order valence-electron chi connectivity index (χ0n) is 25.0. The molecule has 1 heterocycles. The molecule has 3 aromatic carbocycles. The quantitative estimate of drug-likeness (QED) is 0.144. The molecule has 4 rings (SSSR count). The maximum Gasteiger partial charge on any atom is 0.416 e. The van der Waals surface area contributed by atoms with Gasteiger partial charge in [-0.3, -0.25) is 4.79 Å². The number of carbonyl (C=O) groups excluding carboxylic acids is 1. The Kier molecular flexibility index (Phi) is 10.6. The first-order valence-corrected chi connectivity index (χ1v) is 14.0. The Morgan fingerprint density at radius 3 is 2.21 bits per heavy atom. The summed E-state index contributed by atoms with van der Waals surface area (Å²) in [5, 5.41) is 10.8. The van der Waals surface area contributed by atoms with Crippen LogP contribution in [0.15, 0.2) is 72.9 Å². The molecule has 0 aliphatic heterocycles. The number of carboxylic acid groups (broad SMARTS) is 1. The van der Waals surface area contributed by atoms with Crippen molar-refractivity contribution in [2.24, 2.45) is 0 Å². The average Bonchev–Trinajstić information content (AvgIpc) is 3.02. The van der Waals surface area contributed by atoms with Crippen molar-refractivity contribution >= 4 is 17.6 Å². The summed E-state index contributed by atoms with van der Waals surface area (Å²) in [5.74, 6) is -7.44. The van der Waals surface area contributed by atoms with Crippen LogP contribution in [0.2, 0.25) is 0 Å². The lowest BCUT2D eigenvalue weighted by Gasteiger charge is -2.18. The van der Waals surface area contributed by atoms with E-state index in [1.165, 1.54) is 18.3 Å². The highest BCUT2D eigenvalue weighted by atomic mass is 19.4. The molecule has 47 heavy (non-hydrogen) atoms. The highest BCUT2D eigenvalue weighted by molar-refractivity contribution is 5.92. The number of pyridine rings is 1. The molecule has 248 valence electrons. The Morgan fingerprint density at radius 2 is 1.60 bits per heavy atom. The van der Waals surface area contributed by atoms with E-state index in [1.807, 2.05) is 12.1 Å². The summed E-state index contributed by atoms with van der Waals surface area (Å²) in [4.78, 5) is 27.6. The van der Waals surface area contributed by atoms with Gasteiger partial charge in [0, 0.05) is 23.9 Å². The van der Waals surface area contributed by atoms with Gasteiger partial charge in [0.1, 0.15) is 18.2 Å². The van der Waals surface area contributed by atoms with E-state index < -0.39 is 59.4 Å². The van der Waals surface area contributed by atoms with Crippen LogP contribution in [-0.2, 0) is 35.2 Å². The fourth-order valence-corrected chi connectivity index (χ4v) is 4.47. The van der Waals surface area contributed by atoms with Gasteiger partial charge < -0.3 is 24.6 Å². The minimum atomic E-state index is -5.12. The summed E-state index contributed by atoms with van der Waals surface area (Å²) in [5.41, 5.74) is -1.24. The topological polar surface area (TPSA) is 107 Å². The van der Waals surface area contributed by atoms with Gasteiger partial charge in [0.2, 0.25) is 5.91 Å². The molecule has 0 spiro atoms. The van der Waals surface area contributed by atoms with E-state index in [-0.39, 0.29) is 18.1 Å². The fourth-order valence-electron chi connectivity index (χ4n) is 4.47. The normalized spacial score (nSPS) is 11.6. The number of carboxylic acids is 1. The number of nitrogens with one attached hydrogen (secondary N) is 1. The Bertz CT molecular complexity index is 1750.